The molecule has 0 aromatic heterocycles. The van der Waals surface area contributed by atoms with Crippen molar-refractivity contribution in [2.45, 2.75) is 64.3 Å². The van der Waals surface area contributed by atoms with Gasteiger partial charge in [-0.25, -0.2) is 8.78 Å². The van der Waals surface area contributed by atoms with Crippen molar-refractivity contribution in [3.8, 4) is 0 Å². The molecule has 1 saturated carbocycles. The molecule has 0 bridgehead atoms. The second kappa shape index (κ2) is 5.21. The highest BCUT2D eigenvalue weighted by molar-refractivity contribution is 4.85. The zero-order chi connectivity index (χ0) is 12.5. The van der Waals surface area contributed by atoms with Crippen LogP contribution >= 0.6 is 0 Å². The van der Waals surface area contributed by atoms with Gasteiger partial charge in [-0.3, -0.25) is 4.90 Å². The molecule has 1 aliphatic heterocycles. The molecule has 1 heterocycles. The molecule has 1 aliphatic carbocycles. The normalized spacial score (nSPS) is 35.1. The van der Waals surface area contributed by atoms with E-state index in [1.807, 2.05) is 0 Å². The molecule has 0 aromatic carbocycles. The van der Waals surface area contributed by atoms with Gasteiger partial charge in [-0.15, -0.1) is 0 Å². The Bertz CT molecular complexity index is 235. The highest BCUT2D eigenvalue weighted by Gasteiger charge is 2.37. The molecule has 0 unspecified atom stereocenters. The van der Waals surface area contributed by atoms with E-state index in [0.717, 1.165) is 11.8 Å². The summed E-state index contributed by atoms with van der Waals surface area (Å²) in [5.74, 6) is -0.759. The van der Waals surface area contributed by atoms with Crippen LogP contribution in [-0.4, -0.2) is 30.0 Å². The van der Waals surface area contributed by atoms with Crippen molar-refractivity contribution in [2.24, 2.45) is 11.8 Å². The lowest BCUT2D eigenvalue weighted by Gasteiger charge is -2.41. The summed E-state index contributed by atoms with van der Waals surface area (Å²) >= 11 is 0. The van der Waals surface area contributed by atoms with Crippen LogP contribution in [0.3, 0.4) is 0 Å². The van der Waals surface area contributed by atoms with E-state index >= 15 is 0 Å². The minimum Gasteiger partial charge on any atom is -0.300 e. The zero-order valence-corrected chi connectivity index (χ0v) is 11.1. The first-order valence-corrected chi connectivity index (χ1v) is 7.10. The Balaban J connectivity index is 1.78. The van der Waals surface area contributed by atoms with Gasteiger partial charge in [0.1, 0.15) is 0 Å². The van der Waals surface area contributed by atoms with Crippen LogP contribution in [0, 0.1) is 11.8 Å². The summed E-state index contributed by atoms with van der Waals surface area (Å²) in [6.07, 6.45) is 5.14. The fourth-order valence-electron chi connectivity index (χ4n) is 3.35. The minimum atomic E-state index is -2.40. The Morgan fingerprint density at radius 3 is 2.00 bits per heavy atom. The van der Waals surface area contributed by atoms with Crippen molar-refractivity contribution < 1.29 is 8.78 Å². The van der Waals surface area contributed by atoms with E-state index in [0.29, 0.717) is 19.1 Å². The van der Waals surface area contributed by atoms with Crippen molar-refractivity contribution in [3.05, 3.63) is 0 Å². The molecule has 3 heteroatoms. The first-order chi connectivity index (χ1) is 7.98. The Kier molecular flexibility index (Phi) is 4.06. The van der Waals surface area contributed by atoms with E-state index < -0.39 is 5.92 Å². The molecule has 2 fully saturated rings. The molecule has 0 atom stereocenters. The summed E-state index contributed by atoms with van der Waals surface area (Å²) in [4.78, 5) is 2.31. The number of piperidine rings is 1. The summed E-state index contributed by atoms with van der Waals surface area (Å²) in [7, 11) is 0. The van der Waals surface area contributed by atoms with Crippen LogP contribution in [0.25, 0.3) is 0 Å². The Morgan fingerprint density at radius 2 is 1.53 bits per heavy atom. The van der Waals surface area contributed by atoms with Crippen LogP contribution in [-0.2, 0) is 0 Å². The third-order valence-electron chi connectivity index (χ3n) is 4.73. The summed E-state index contributed by atoms with van der Waals surface area (Å²) in [6, 6.07) is 0.584. The van der Waals surface area contributed by atoms with Gasteiger partial charge in [-0.2, -0.15) is 0 Å². The predicted octanol–water partition coefficient (Wildman–Crippen LogP) is 3.93. The maximum Gasteiger partial charge on any atom is 0.250 e. The lowest BCUT2D eigenvalue weighted by Crippen LogP contribution is -2.46. The van der Waals surface area contributed by atoms with Crippen LogP contribution in [0.5, 0.6) is 0 Å². The average molecular weight is 245 g/mol. The van der Waals surface area contributed by atoms with E-state index in [1.165, 1.54) is 25.7 Å². The monoisotopic (exact) mass is 245 g/mol. The Labute approximate surface area is 104 Å². The van der Waals surface area contributed by atoms with Crippen LogP contribution in [0.15, 0.2) is 0 Å². The molecule has 0 radical (unpaired) electrons. The van der Waals surface area contributed by atoms with Crippen LogP contribution in [0.2, 0.25) is 0 Å². The van der Waals surface area contributed by atoms with Gasteiger partial charge in [-0.1, -0.05) is 13.8 Å². The maximum atomic E-state index is 13.1. The van der Waals surface area contributed by atoms with Gasteiger partial charge in [-0.05, 0) is 37.5 Å². The molecule has 1 nitrogen and oxygen atoms in total. The number of rotatable bonds is 2. The smallest absolute Gasteiger partial charge is 0.250 e. The molecule has 17 heavy (non-hydrogen) atoms. The molecule has 1 saturated heterocycles. The third kappa shape index (κ3) is 3.40. The second-order valence-electron chi connectivity index (χ2n) is 6.20. The van der Waals surface area contributed by atoms with Gasteiger partial charge >= 0.3 is 0 Å². The van der Waals surface area contributed by atoms with Crippen molar-refractivity contribution in [1.29, 1.82) is 0 Å². The highest BCUT2D eigenvalue weighted by Crippen LogP contribution is 2.35. The zero-order valence-electron chi connectivity index (χ0n) is 11.1. The molecule has 2 aliphatic rings. The first kappa shape index (κ1) is 13.3. The van der Waals surface area contributed by atoms with E-state index in [4.69, 9.17) is 0 Å². The van der Waals surface area contributed by atoms with E-state index in [9.17, 15) is 8.78 Å². The molecule has 2 rings (SSSR count). The van der Waals surface area contributed by atoms with Gasteiger partial charge in [0.2, 0.25) is 0 Å². The number of halogens is 2. The minimum absolute atomic E-state index is 0.0666. The molecule has 0 N–H and O–H groups in total. The van der Waals surface area contributed by atoms with Gasteiger partial charge in [0.25, 0.3) is 5.92 Å². The van der Waals surface area contributed by atoms with Gasteiger partial charge in [0.15, 0.2) is 0 Å². The summed E-state index contributed by atoms with van der Waals surface area (Å²) in [5, 5.41) is 0. The average Bonchev–Trinajstić information content (AvgIpc) is 2.29. The summed E-state index contributed by atoms with van der Waals surface area (Å²) in [6.45, 7) is 5.80. The molecule has 0 spiro atoms. The SMILES string of the molecule is CC(C)[C@H]1CC[C@H](N2CCC(F)(F)CC2)CC1. The number of alkyl halides is 2. The number of hydrogen-bond donors (Lipinski definition) is 0. The van der Waals surface area contributed by atoms with Crippen molar-refractivity contribution in [2.75, 3.05) is 13.1 Å². The first-order valence-electron chi connectivity index (χ1n) is 7.10. The number of likely N-dealkylation sites (tertiary alicyclic amines) is 1. The molecular weight excluding hydrogens is 220 g/mol. The summed E-state index contributed by atoms with van der Waals surface area (Å²) < 4.78 is 26.2. The highest BCUT2D eigenvalue weighted by atomic mass is 19.3. The lowest BCUT2D eigenvalue weighted by atomic mass is 9.79. The van der Waals surface area contributed by atoms with Crippen molar-refractivity contribution in [1.82, 2.24) is 4.90 Å². The van der Waals surface area contributed by atoms with Gasteiger partial charge in [0, 0.05) is 32.0 Å². The van der Waals surface area contributed by atoms with Crippen LogP contribution in [0.4, 0.5) is 8.78 Å². The second-order valence-corrected chi connectivity index (χ2v) is 6.20. The van der Waals surface area contributed by atoms with Crippen LogP contribution < -0.4 is 0 Å². The quantitative estimate of drug-likeness (QED) is 0.712. The van der Waals surface area contributed by atoms with E-state index in [1.54, 1.807) is 0 Å². The Hall–Kier alpha value is -0.180. The van der Waals surface area contributed by atoms with E-state index in [-0.39, 0.29) is 12.8 Å². The molecule has 0 aromatic rings. The number of nitrogens with zero attached hydrogens (tertiary/aromatic N) is 1. The predicted molar refractivity (Wildman–Crippen MR) is 66.3 cm³/mol. The standard InChI is InChI=1S/C14H25F2N/c1-11(2)12-3-5-13(6-4-12)17-9-7-14(15,16)8-10-17/h11-13H,3-10H2,1-2H3/t12-,13-. The molecule has 0 amide bonds. The summed E-state index contributed by atoms with van der Waals surface area (Å²) in [5.41, 5.74) is 0. The fourth-order valence-corrected chi connectivity index (χ4v) is 3.35. The van der Waals surface area contributed by atoms with E-state index in [2.05, 4.69) is 18.7 Å². The fraction of sp³-hybridized carbons (Fsp3) is 1.00. The number of hydrogen-bond acceptors (Lipinski definition) is 1. The van der Waals surface area contributed by atoms with Crippen molar-refractivity contribution in [3.63, 3.8) is 0 Å². The van der Waals surface area contributed by atoms with Crippen LogP contribution in [0.1, 0.15) is 52.4 Å². The Morgan fingerprint density at radius 1 is 1.00 bits per heavy atom. The molecular formula is C14H25F2N. The van der Waals surface area contributed by atoms with Crippen molar-refractivity contribution >= 4 is 0 Å². The largest absolute Gasteiger partial charge is 0.300 e. The van der Waals surface area contributed by atoms with Gasteiger partial charge in [0.05, 0.1) is 0 Å². The topological polar surface area (TPSA) is 3.24 Å². The van der Waals surface area contributed by atoms with Gasteiger partial charge < -0.3 is 0 Å². The maximum absolute atomic E-state index is 13.1. The lowest BCUT2D eigenvalue weighted by molar-refractivity contribution is -0.0670. The third-order valence-corrected chi connectivity index (χ3v) is 4.73. The molecule has 100 valence electrons.